The fourth-order valence-electron chi connectivity index (χ4n) is 8.40. The first-order valence-electron chi connectivity index (χ1n) is 18.8. The van der Waals surface area contributed by atoms with Gasteiger partial charge in [-0.2, -0.15) is 0 Å². The maximum Gasteiger partial charge on any atom is 0.143 e. The standard InChI is InChI=1S/C50H39NO2/c1-2-3-28-51(31-37-22-14-26-41-45-39-24-12-10-20-35(39)29-43(49(45)52-47(37)41)33-16-6-4-7-17-33)32-38-23-15-27-42-46-40-25-13-11-21-36(40)30-44(50(46)53-48(38)42)34-18-8-5-9-19-34/h4-27,29-30H,2-3,28,31-32H2,1H3. The van der Waals surface area contributed by atoms with Gasteiger partial charge in [-0.3, -0.25) is 4.90 Å². The Morgan fingerprint density at radius 3 is 1.34 bits per heavy atom. The Morgan fingerprint density at radius 2 is 0.868 bits per heavy atom. The average Bonchev–Trinajstić information content (AvgIpc) is 3.81. The molecule has 3 heteroatoms. The van der Waals surface area contributed by atoms with Crippen LogP contribution in [0.15, 0.2) is 167 Å². The van der Waals surface area contributed by atoms with Crippen molar-refractivity contribution in [1.82, 2.24) is 4.90 Å². The van der Waals surface area contributed by atoms with Gasteiger partial charge in [0.05, 0.1) is 0 Å². The molecule has 8 aromatic carbocycles. The maximum absolute atomic E-state index is 6.99. The van der Waals surface area contributed by atoms with Gasteiger partial charge in [-0.1, -0.05) is 159 Å². The van der Waals surface area contributed by atoms with Crippen LogP contribution in [0.3, 0.4) is 0 Å². The molecule has 256 valence electrons. The zero-order valence-corrected chi connectivity index (χ0v) is 29.8. The number of nitrogens with zero attached hydrogens (tertiary/aromatic N) is 1. The van der Waals surface area contributed by atoms with Gasteiger partial charge in [0.15, 0.2) is 0 Å². The number of para-hydroxylation sites is 2. The molecule has 0 amide bonds. The number of unbranched alkanes of at least 4 members (excludes halogenated alkanes) is 1. The summed E-state index contributed by atoms with van der Waals surface area (Å²) in [6.07, 6.45) is 2.23. The highest BCUT2D eigenvalue weighted by atomic mass is 16.3. The van der Waals surface area contributed by atoms with Crippen LogP contribution in [0, 0.1) is 0 Å². The summed E-state index contributed by atoms with van der Waals surface area (Å²) in [6, 6.07) is 56.5. The summed E-state index contributed by atoms with van der Waals surface area (Å²) in [5, 5.41) is 9.60. The zero-order chi connectivity index (χ0) is 35.3. The lowest BCUT2D eigenvalue weighted by Crippen LogP contribution is -2.24. The Morgan fingerprint density at radius 1 is 0.434 bits per heavy atom. The molecule has 0 spiro atoms. The van der Waals surface area contributed by atoms with Gasteiger partial charge in [0, 0.05) is 56.9 Å². The van der Waals surface area contributed by atoms with E-state index in [1.54, 1.807) is 0 Å². The summed E-state index contributed by atoms with van der Waals surface area (Å²) in [5.41, 5.74) is 10.8. The summed E-state index contributed by atoms with van der Waals surface area (Å²) < 4.78 is 14.0. The maximum atomic E-state index is 6.99. The molecule has 0 N–H and O–H groups in total. The van der Waals surface area contributed by atoms with Gasteiger partial charge in [-0.05, 0) is 57.8 Å². The number of fused-ring (bicyclic) bond motifs is 10. The molecule has 0 bridgehead atoms. The predicted molar refractivity (Wildman–Crippen MR) is 222 cm³/mol. The van der Waals surface area contributed by atoms with Gasteiger partial charge < -0.3 is 8.83 Å². The van der Waals surface area contributed by atoms with Crippen molar-refractivity contribution in [1.29, 1.82) is 0 Å². The predicted octanol–water partition coefficient (Wildman–Crippen LogP) is 13.9. The van der Waals surface area contributed by atoms with Crippen molar-refractivity contribution in [2.75, 3.05) is 6.54 Å². The Balaban J connectivity index is 1.11. The second-order valence-corrected chi connectivity index (χ2v) is 14.3. The molecular weight excluding hydrogens is 647 g/mol. The Kier molecular flexibility index (Phi) is 7.81. The molecule has 3 nitrogen and oxygen atoms in total. The van der Waals surface area contributed by atoms with Crippen LogP contribution in [0.1, 0.15) is 30.9 Å². The monoisotopic (exact) mass is 685 g/mol. The van der Waals surface area contributed by atoms with Gasteiger partial charge in [0.1, 0.15) is 22.3 Å². The van der Waals surface area contributed by atoms with Crippen LogP contribution < -0.4 is 0 Å². The molecule has 10 rings (SSSR count). The first kappa shape index (κ1) is 31.6. The molecule has 0 fully saturated rings. The van der Waals surface area contributed by atoms with Crippen molar-refractivity contribution in [3.8, 4) is 22.3 Å². The topological polar surface area (TPSA) is 29.5 Å². The highest BCUT2D eigenvalue weighted by Crippen LogP contribution is 2.44. The van der Waals surface area contributed by atoms with Gasteiger partial charge in [0.25, 0.3) is 0 Å². The number of benzene rings is 8. The number of furan rings is 2. The first-order valence-corrected chi connectivity index (χ1v) is 18.8. The average molecular weight is 686 g/mol. The highest BCUT2D eigenvalue weighted by molar-refractivity contribution is 6.24. The van der Waals surface area contributed by atoms with E-state index < -0.39 is 0 Å². The molecule has 0 aliphatic heterocycles. The first-order chi connectivity index (χ1) is 26.2. The summed E-state index contributed by atoms with van der Waals surface area (Å²) in [5.74, 6) is 0. The molecule has 0 aliphatic carbocycles. The number of rotatable bonds is 9. The second kappa shape index (κ2) is 13.1. The molecule has 53 heavy (non-hydrogen) atoms. The van der Waals surface area contributed by atoms with E-state index in [2.05, 4.69) is 170 Å². The highest BCUT2D eigenvalue weighted by Gasteiger charge is 2.22. The van der Waals surface area contributed by atoms with E-state index in [-0.39, 0.29) is 0 Å². The van der Waals surface area contributed by atoms with Gasteiger partial charge >= 0.3 is 0 Å². The minimum atomic E-state index is 0.768. The van der Waals surface area contributed by atoms with E-state index in [9.17, 15) is 0 Å². The third-order valence-corrected chi connectivity index (χ3v) is 10.9. The van der Waals surface area contributed by atoms with Crippen LogP contribution in [0.25, 0.3) is 87.7 Å². The van der Waals surface area contributed by atoms with Crippen LogP contribution in [0.5, 0.6) is 0 Å². The number of hydrogen-bond donors (Lipinski definition) is 0. The van der Waals surface area contributed by atoms with Crippen molar-refractivity contribution in [3.05, 3.63) is 169 Å². The van der Waals surface area contributed by atoms with E-state index >= 15 is 0 Å². The lowest BCUT2D eigenvalue weighted by atomic mass is 9.96. The zero-order valence-electron chi connectivity index (χ0n) is 29.8. The van der Waals surface area contributed by atoms with Gasteiger partial charge in [-0.25, -0.2) is 0 Å². The molecular formula is C50H39NO2. The molecule has 0 saturated heterocycles. The van der Waals surface area contributed by atoms with Crippen LogP contribution in [-0.4, -0.2) is 11.4 Å². The molecule has 0 aliphatic rings. The van der Waals surface area contributed by atoms with Crippen LogP contribution >= 0.6 is 0 Å². The fourth-order valence-corrected chi connectivity index (χ4v) is 8.40. The van der Waals surface area contributed by atoms with E-state index in [4.69, 9.17) is 8.83 Å². The van der Waals surface area contributed by atoms with Crippen LogP contribution in [0.2, 0.25) is 0 Å². The molecule has 10 aromatic rings. The minimum Gasteiger partial charge on any atom is -0.455 e. The Bertz CT molecular complexity index is 2740. The van der Waals surface area contributed by atoms with E-state index in [0.717, 1.165) is 77.1 Å². The number of hydrogen-bond acceptors (Lipinski definition) is 3. The van der Waals surface area contributed by atoms with Crippen molar-refractivity contribution in [2.24, 2.45) is 0 Å². The van der Waals surface area contributed by atoms with E-state index in [1.165, 1.54) is 54.2 Å². The van der Waals surface area contributed by atoms with E-state index in [0.29, 0.717) is 0 Å². The summed E-state index contributed by atoms with van der Waals surface area (Å²) in [4.78, 5) is 2.57. The van der Waals surface area contributed by atoms with Gasteiger partial charge in [0.2, 0.25) is 0 Å². The molecule has 0 radical (unpaired) electrons. The fraction of sp³-hybridized carbons (Fsp3) is 0.120. The van der Waals surface area contributed by atoms with Crippen molar-refractivity contribution in [2.45, 2.75) is 32.9 Å². The molecule has 2 aromatic heterocycles. The Hall–Kier alpha value is -6.16. The summed E-state index contributed by atoms with van der Waals surface area (Å²) >= 11 is 0. The summed E-state index contributed by atoms with van der Waals surface area (Å²) in [7, 11) is 0. The normalized spacial score (nSPS) is 12.0. The lowest BCUT2D eigenvalue weighted by Gasteiger charge is -2.22. The van der Waals surface area contributed by atoms with Crippen molar-refractivity contribution >= 4 is 65.4 Å². The SMILES string of the molecule is CCCCN(Cc1cccc2c1oc1c(-c3ccccc3)cc3ccccc3c12)Cc1cccc2c1oc1c(-c3ccccc3)cc3ccccc3c12. The largest absolute Gasteiger partial charge is 0.455 e. The van der Waals surface area contributed by atoms with Gasteiger partial charge in [-0.15, -0.1) is 0 Å². The third kappa shape index (κ3) is 5.39. The van der Waals surface area contributed by atoms with Crippen molar-refractivity contribution in [3.63, 3.8) is 0 Å². The second-order valence-electron chi connectivity index (χ2n) is 14.3. The smallest absolute Gasteiger partial charge is 0.143 e. The molecule has 0 unspecified atom stereocenters. The molecule has 0 atom stereocenters. The lowest BCUT2D eigenvalue weighted by molar-refractivity contribution is 0.253. The van der Waals surface area contributed by atoms with Crippen LogP contribution in [0.4, 0.5) is 0 Å². The quantitative estimate of drug-likeness (QED) is 0.151. The molecule has 0 saturated carbocycles. The Labute approximate surface area is 308 Å². The molecule has 2 heterocycles. The third-order valence-electron chi connectivity index (χ3n) is 10.9. The van der Waals surface area contributed by atoms with Crippen molar-refractivity contribution < 1.29 is 8.83 Å². The summed E-state index contributed by atoms with van der Waals surface area (Å²) in [6.45, 7) is 4.78. The minimum absolute atomic E-state index is 0.768. The van der Waals surface area contributed by atoms with Crippen LogP contribution in [-0.2, 0) is 13.1 Å². The van der Waals surface area contributed by atoms with E-state index in [1.807, 2.05) is 0 Å².